The van der Waals surface area contributed by atoms with Crippen LogP contribution in [0.2, 0.25) is 36.3 Å². The van der Waals surface area contributed by atoms with Crippen LogP contribution in [0.5, 0.6) is 11.8 Å². The Balaban J connectivity index is 1.58. The Hall–Kier alpha value is -3.96. The van der Waals surface area contributed by atoms with Gasteiger partial charge in [0.1, 0.15) is 11.4 Å². The van der Waals surface area contributed by atoms with Crippen LogP contribution in [0.3, 0.4) is 0 Å². The van der Waals surface area contributed by atoms with Crippen molar-refractivity contribution in [3.8, 4) is 45.9 Å². The molecular formula is C35H45N5O2Si2. The summed E-state index contributed by atoms with van der Waals surface area (Å²) < 4.78 is 17.4. The van der Waals surface area contributed by atoms with Crippen LogP contribution in [0.1, 0.15) is 41.5 Å². The second-order valence-electron chi connectivity index (χ2n) is 14.4. The lowest BCUT2D eigenvalue weighted by molar-refractivity contribution is 0.460. The standard InChI is InChI=1S/C35H45N5O2Si2/c1-34(2,3)43(7,8)41-32-24-30(37-39(32)26-18-13-11-14-19-26)28-22-17-23-29(36-28)31-25-33(42-44(9,10)35(4,5)6)40(38-31)27-20-15-12-16-21-27/h11-25H,1-10H3. The molecule has 0 amide bonds. The SMILES string of the molecule is CC(C)(C)[Si](C)(C)Oc1cc(-c2cccc(-c3cc(O[Si](C)(C)C(C)(C)C)n(-c4ccccc4)n3)n2)nn1-c1ccccc1. The third-order valence-electron chi connectivity index (χ3n) is 8.96. The number of nitrogens with zero attached hydrogens (tertiary/aromatic N) is 5. The van der Waals surface area contributed by atoms with Crippen molar-refractivity contribution in [3.05, 3.63) is 91.0 Å². The van der Waals surface area contributed by atoms with E-state index in [1.54, 1.807) is 0 Å². The molecule has 0 N–H and O–H groups in total. The van der Waals surface area contributed by atoms with Crippen LogP contribution in [0, 0.1) is 0 Å². The third kappa shape index (κ3) is 6.44. The summed E-state index contributed by atoms with van der Waals surface area (Å²) in [6.07, 6.45) is 0. The Kier molecular flexibility index (Phi) is 8.24. The minimum absolute atomic E-state index is 0.0406. The van der Waals surface area contributed by atoms with Crippen LogP contribution in [-0.2, 0) is 0 Å². The molecule has 230 valence electrons. The van der Waals surface area contributed by atoms with Crippen LogP contribution in [-0.4, -0.2) is 41.2 Å². The molecule has 0 radical (unpaired) electrons. The van der Waals surface area contributed by atoms with E-state index >= 15 is 0 Å². The highest BCUT2D eigenvalue weighted by Crippen LogP contribution is 2.40. The van der Waals surface area contributed by atoms with Crippen molar-refractivity contribution in [2.45, 2.75) is 77.8 Å². The predicted molar refractivity (Wildman–Crippen MR) is 185 cm³/mol. The summed E-state index contributed by atoms with van der Waals surface area (Å²) in [6.45, 7) is 22.5. The van der Waals surface area contributed by atoms with E-state index in [0.717, 1.165) is 45.9 Å². The summed E-state index contributed by atoms with van der Waals surface area (Å²) in [5.74, 6) is 1.45. The number of aromatic nitrogens is 5. The summed E-state index contributed by atoms with van der Waals surface area (Å²) in [5, 5.41) is 10.1. The van der Waals surface area contributed by atoms with Crippen LogP contribution in [0.4, 0.5) is 0 Å². The molecule has 5 rings (SSSR count). The Labute approximate surface area is 264 Å². The summed E-state index contributed by atoms with van der Waals surface area (Å²) in [5.41, 5.74) is 4.86. The Morgan fingerprint density at radius 1 is 0.500 bits per heavy atom. The van der Waals surface area contributed by atoms with E-state index in [1.807, 2.05) is 100 Å². The smallest absolute Gasteiger partial charge is 0.252 e. The first-order valence-electron chi connectivity index (χ1n) is 15.2. The Morgan fingerprint density at radius 2 is 0.864 bits per heavy atom. The molecule has 3 heterocycles. The quantitative estimate of drug-likeness (QED) is 0.161. The average Bonchev–Trinajstić information content (AvgIpc) is 3.57. The van der Waals surface area contributed by atoms with E-state index in [-0.39, 0.29) is 10.1 Å². The molecular weight excluding hydrogens is 579 g/mol. The Bertz CT molecular complexity index is 1610. The molecule has 3 aromatic heterocycles. The van der Waals surface area contributed by atoms with Crippen molar-refractivity contribution in [2.24, 2.45) is 0 Å². The molecule has 9 heteroatoms. The minimum Gasteiger partial charge on any atom is -0.531 e. The molecule has 0 bridgehead atoms. The highest BCUT2D eigenvalue weighted by atomic mass is 28.4. The lowest BCUT2D eigenvalue weighted by Crippen LogP contribution is -2.44. The maximum Gasteiger partial charge on any atom is 0.252 e. The van der Waals surface area contributed by atoms with Gasteiger partial charge in [0.2, 0.25) is 11.8 Å². The first-order valence-corrected chi connectivity index (χ1v) is 21.0. The van der Waals surface area contributed by atoms with Gasteiger partial charge >= 0.3 is 0 Å². The van der Waals surface area contributed by atoms with Gasteiger partial charge in [-0.15, -0.1) is 0 Å². The van der Waals surface area contributed by atoms with E-state index in [9.17, 15) is 0 Å². The number of hydrogen-bond acceptors (Lipinski definition) is 5. The zero-order valence-electron chi connectivity index (χ0n) is 27.7. The number of benzene rings is 2. The van der Waals surface area contributed by atoms with Crippen LogP contribution in [0.15, 0.2) is 91.0 Å². The second-order valence-corrected chi connectivity index (χ2v) is 23.8. The largest absolute Gasteiger partial charge is 0.531 e. The van der Waals surface area contributed by atoms with Crippen molar-refractivity contribution in [2.75, 3.05) is 0 Å². The average molecular weight is 624 g/mol. The van der Waals surface area contributed by atoms with Gasteiger partial charge in [-0.2, -0.15) is 10.2 Å². The molecule has 0 fully saturated rings. The van der Waals surface area contributed by atoms with E-state index in [0.29, 0.717) is 0 Å². The van der Waals surface area contributed by atoms with E-state index < -0.39 is 16.6 Å². The molecule has 0 saturated heterocycles. The van der Waals surface area contributed by atoms with E-state index in [2.05, 4.69) is 67.7 Å². The third-order valence-corrected chi connectivity index (χ3v) is 17.6. The fraction of sp³-hybridized carbons (Fsp3) is 0.343. The molecule has 0 spiro atoms. The van der Waals surface area contributed by atoms with Gasteiger partial charge in [-0.25, -0.2) is 14.3 Å². The second kappa shape index (κ2) is 11.5. The first-order chi connectivity index (χ1) is 20.6. The van der Waals surface area contributed by atoms with Gasteiger partial charge in [0.25, 0.3) is 16.6 Å². The predicted octanol–water partition coefficient (Wildman–Crippen LogP) is 9.55. The van der Waals surface area contributed by atoms with Crippen molar-refractivity contribution in [1.82, 2.24) is 24.5 Å². The van der Waals surface area contributed by atoms with E-state index in [4.69, 9.17) is 24.0 Å². The van der Waals surface area contributed by atoms with Gasteiger partial charge in [0.05, 0.1) is 22.8 Å². The van der Waals surface area contributed by atoms with Crippen LogP contribution in [0.25, 0.3) is 34.2 Å². The minimum atomic E-state index is -2.13. The highest BCUT2D eigenvalue weighted by Gasteiger charge is 2.41. The number of rotatable bonds is 8. The van der Waals surface area contributed by atoms with Crippen molar-refractivity contribution >= 4 is 16.6 Å². The molecule has 0 saturated carbocycles. The van der Waals surface area contributed by atoms with Gasteiger partial charge in [-0.05, 0) is 72.7 Å². The molecule has 44 heavy (non-hydrogen) atoms. The zero-order valence-corrected chi connectivity index (χ0v) is 29.7. The van der Waals surface area contributed by atoms with Gasteiger partial charge < -0.3 is 8.85 Å². The summed E-state index contributed by atoms with van der Waals surface area (Å²) in [7, 11) is -4.27. The molecule has 0 unspecified atom stereocenters. The summed E-state index contributed by atoms with van der Waals surface area (Å²) in [6, 6.07) is 30.2. The molecule has 7 nitrogen and oxygen atoms in total. The highest BCUT2D eigenvalue weighted by molar-refractivity contribution is 6.75. The summed E-state index contributed by atoms with van der Waals surface area (Å²) >= 11 is 0. The lowest BCUT2D eigenvalue weighted by Gasteiger charge is -2.36. The Morgan fingerprint density at radius 3 is 1.20 bits per heavy atom. The lowest BCUT2D eigenvalue weighted by atomic mass is 10.2. The fourth-order valence-electron chi connectivity index (χ4n) is 4.18. The van der Waals surface area contributed by atoms with Crippen molar-refractivity contribution in [1.29, 1.82) is 0 Å². The van der Waals surface area contributed by atoms with Gasteiger partial charge in [0, 0.05) is 12.1 Å². The van der Waals surface area contributed by atoms with Gasteiger partial charge in [-0.3, -0.25) is 0 Å². The monoisotopic (exact) mass is 623 g/mol. The van der Waals surface area contributed by atoms with Crippen LogP contribution < -0.4 is 8.85 Å². The van der Waals surface area contributed by atoms with E-state index in [1.165, 1.54) is 0 Å². The maximum atomic E-state index is 6.79. The summed E-state index contributed by atoms with van der Waals surface area (Å²) in [4.78, 5) is 5.06. The molecule has 0 aliphatic heterocycles. The molecule has 5 aromatic rings. The topological polar surface area (TPSA) is 67.0 Å². The van der Waals surface area contributed by atoms with Crippen molar-refractivity contribution in [3.63, 3.8) is 0 Å². The van der Waals surface area contributed by atoms with Gasteiger partial charge in [-0.1, -0.05) is 84.0 Å². The van der Waals surface area contributed by atoms with Crippen molar-refractivity contribution < 1.29 is 8.85 Å². The van der Waals surface area contributed by atoms with Gasteiger partial charge in [0.15, 0.2) is 0 Å². The number of para-hydroxylation sites is 2. The number of hydrogen-bond donors (Lipinski definition) is 0. The molecule has 0 aliphatic rings. The number of pyridine rings is 1. The molecule has 0 atom stereocenters. The normalized spacial score (nSPS) is 12.8. The van der Waals surface area contributed by atoms with Crippen LogP contribution >= 0.6 is 0 Å². The zero-order chi connectivity index (χ0) is 31.9. The maximum absolute atomic E-state index is 6.79. The first kappa shape index (κ1) is 31.5. The molecule has 2 aromatic carbocycles. The fourth-order valence-corrected chi connectivity index (χ4v) is 6.13. The molecule has 0 aliphatic carbocycles.